The Kier molecular flexibility index (Phi) is 5.22. The number of primary amides is 1. The van der Waals surface area contributed by atoms with E-state index in [1.165, 1.54) is 12.3 Å². The van der Waals surface area contributed by atoms with Crippen molar-refractivity contribution in [3.8, 4) is 5.88 Å². The summed E-state index contributed by atoms with van der Waals surface area (Å²) >= 11 is 4.67. The first-order valence-corrected chi connectivity index (χ1v) is 9.01. The van der Waals surface area contributed by atoms with Crippen molar-refractivity contribution in [3.05, 3.63) is 23.9 Å². The molecule has 1 aromatic rings. The van der Waals surface area contributed by atoms with Gasteiger partial charge in [0, 0.05) is 18.7 Å². The molecule has 2 fully saturated rings. The van der Waals surface area contributed by atoms with E-state index in [9.17, 15) is 4.79 Å². The average molecular weight is 369 g/mol. The van der Waals surface area contributed by atoms with E-state index in [1.54, 1.807) is 6.07 Å². The van der Waals surface area contributed by atoms with Crippen molar-refractivity contribution < 1.29 is 18.7 Å². The van der Waals surface area contributed by atoms with Crippen LogP contribution in [0.3, 0.4) is 0 Å². The van der Waals surface area contributed by atoms with Crippen LogP contribution in [0.15, 0.2) is 18.3 Å². The first-order valence-electron chi connectivity index (χ1n) is 8.56. The van der Waals surface area contributed by atoms with Crippen molar-refractivity contribution in [2.24, 2.45) is 17.4 Å². The van der Waals surface area contributed by atoms with Crippen molar-refractivity contribution >= 4 is 18.5 Å². The summed E-state index contributed by atoms with van der Waals surface area (Å²) in [6, 6.07) is 3.20. The lowest BCUT2D eigenvalue weighted by molar-refractivity contribution is -0.187. The zero-order chi connectivity index (χ0) is 18.1. The molecule has 2 atom stereocenters. The molecule has 2 aliphatic rings. The molecular formula is C17H24FN3O3S. The maximum Gasteiger partial charge on any atom is 0.256 e. The summed E-state index contributed by atoms with van der Waals surface area (Å²) < 4.78 is 26.8. The fourth-order valence-electron chi connectivity index (χ4n) is 3.65. The molecule has 3 rings (SSSR count). The number of carbonyl (C=O) groups is 1. The van der Waals surface area contributed by atoms with E-state index in [1.807, 2.05) is 0 Å². The molecule has 4 N–H and O–H groups in total. The average Bonchev–Trinajstić information content (AvgIpc) is 2.55. The monoisotopic (exact) mass is 369 g/mol. The first-order chi connectivity index (χ1) is 11.8. The van der Waals surface area contributed by atoms with Gasteiger partial charge in [0.05, 0.1) is 13.0 Å². The van der Waals surface area contributed by atoms with Gasteiger partial charge in [-0.15, -0.1) is 12.6 Å². The third kappa shape index (κ3) is 4.07. The fraction of sp³-hybridized carbons (Fsp3) is 0.647. The lowest BCUT2D eigenvalue weighted by Crippen LogP contribution is -2.51. The Hall–Kier alpha value is -1.38. The molecule has 138 valence electrons. The maximum absolute atomic E-state index is 15.5. The van der Waals surface area contributed by atoms with Crippen molar-refractivity contribution in [2.75, 3.05) is 6.61 Å². The summed E-state index contributed by atoms with van der Waals surface area (Å²) in [6.07, 6.45) is 4.87. The molecule has 1 aliphatic carbocycles. The van der Waals surface area contributed by atoms with Gasteiger partial charge in [-0.25, -0.2) is 4.98 Å². The lowest BCUT2D eigenvalue weighted by Gasteiger charge is -2.46. The quantitative estimate of drug-likeness (QED) is 0.706. The first kappa shape index (κ1) is 18.4. The van der Waals surface area contributed by atoms with Crippen molar-refractivity contribution in [1.29, 1.82) is 0 Å². The number of nitrogens with two attached hydrogens (primary N) is 2. The molecule has 0 aromatic carbocycles. The molecule has 1 aliphatic heterocycles. The van der Waals surface area contributed by atoms with Crippen LogP contribution in [0.1, 0.15) is 48.9 Å². The Labute approximate surface area is 151 Å². The molecule has 8 heteroatoms. The van der Waals surface area contributed by atoms with Gasteiger partial charge >= 0.3 is 0 Å². The molecule has 0 spiro atoms. The topological polar surface area (TPSA) is 100 Å². The molecule has 25 heavy (non-hydrogen) atoms. The highest BCUT2D eigenvalue weighted by Gasteiger charge is 2.51. The number of alkyl halides is 1. The Morgan fingerprint density at radius 3 is 2.80 bits per heavy atom. The minimum atomic E-state index is -2.02. The van der Waals surface area contributed by atoms with Crippen LogP contribution in [0, 0.1) is 5.92 Å². The number of hydrogen-bond acceptors (Lipinski definition) is 6. The number of halogens is 1. The van der Waals surface area contributed by atoms with Gasteiger partial charge in [0.15, 0.2) is 0 Å². The molecule has 1 aromatic heterocycles. The maximum atomic E-state index is 15.5. The van der Waals surface area contributed by atoms with Gasteiger partial charge in [0.2, 0.25) is 5.88 Å². The third-order valence-corrected chi connectivity index (χ3v) is 5.72. The van der Waals surface area contributed by atoms with Gasteiger partial charge in [0.25, 0.3) is 11.8 Å². The number of ether oxygens (including phenoxy) is 2. The zero-order valence-corrected chi connectivity index (χ0v) is 14.9. The number of hydrogen-bond donors (Lipinski definition) is 3. The number of pyridine rings is 1. The lowest BCUT2D eigenvalue weighted by atomic mass is 9.79. The van der Waals surface area contributed by atoms with E-state index in [4.69, 9.17) is 20.9 Å². The highest BCUT2D eigenvalue weighted by atomic mass is 32.1. The number of nitrogens with zero attached hydrogens (tertiary/aromatic N) is 1. The van der Waals surface area contributed by atoms with Gasteiger partial charge in [-0.2, -0.15) is 4.39 Å². The molecule has 0 bridgehead atoms. The van der Waals surface area contributed by atoms with Crippen LogP contribution in [0.5, 0.6) is 5.88 Å². The smallest absolute Gasteiger partial charge is 0.256 e. The molecule has 1 amide bonds. The largest absolute Gasteiger partial charge is 0.440 e. The molecule has 1 saturated heterocycles. The van der Waals surface area contributed by atoms with Gasteiger partial charge in [-0.1, -0.05) is 0 Å². The molecule has 0 radical (unpaired) electrons. The molecule has 2 heterocycles. The number of thiol groups is 1. The SMILES string of the molecule is NC(=O)c1cccnc1OC1(F)CCOC(S)(C2CCC(N)CC2)C1. The zero-order valence-electron chi connectivity index (χ0n) is 14.0. The Bertz CT molecular complexity index is 641. The van der Waals surface area contributed by atoms with E-state index >= 15 is 4.39 Å². The van der Waals surface area contributed by atoms with Crippen LogP contribution in [-0.4, -0.2) is 34.3 Å². The van der Waals surface area contributed by atoms with Gasteiger partial charge in [-0.3, -0.25) is 4.79 Å². The van der Waals surface area contributed by atoms with Crippen LogP contribution < -0.4 is 16.2 Å². The fourth-order valence-corrected chi connectivity index (χ4v) is 4.24. The van der Waals surface area contributed by atoms with Crippen LogP contribution >= 0.6 is 12.6 Å². The summed E-state index contributed by atoms with van der Waals surface area (Å²) in [5.41, 5.74) is 11.3. The van der Waals surface area contributed by atoms with E-state index in [0.29, 0.717) is 0 Å². The highest BCUT2D eigenvalue weighted by molar-refractivity contribution is 7.81. The summed E-state index contributed by atoms with van der Waals surface area (Å²) in [7, 11) is 0. The van der Waals surface area contributed by atoms with Crippen molar-refractivity contribution in [1.82, 2.24) is 4.98 Å². The van der Waals surface area contributed by atoms with E-state index in [0.717, 1.165) is 25.7 Å². The predicted molar refractivity (Wildman–Crippen MR) is 94.1 cm³/mol. The van der Waals surface area contributed by atoms with Crippen LogP contribution in [-0.2, 0) is 4.74 Å². The summed E-state index contributed by atoms with van der Waals surface area (Å²) in [5, 5.41) is 0. The van der Waals surface area contributed by atoms with Crippen LogP contribution in [0.2, 0.25) is 0 Å². The van der Waals surface area contributed by atoms with Crippen LogP contribution in [0.25, 0.3) is 0 Å². The number of carbonyl (C=O) groups excluding carboxylic acids is 1. The van der Waals surface area contributed by atoms with E-state index < -0.39 is 16.7 Å². The summed E-state index contributed by atoms with van der Waals surface area (Å²) in [4.78, 5) is 14.5. The van der Waals surface area contributed by atoms with Crippen LogP contribution in [0.4, 0.5) is 4.39 Å². The van der Waals surface area contributed by atoms with Gasteiger partial charge < -0.3 is 20.9 Å². The second kappa shape index (κ2) is 7.09. The van der Waals surface area contributed by atoms with Gasteiger partial charge in [-0.05, 0) is 43.7 Å². The molecule has 2 unspecified atom stereocenters. The number of amides is 1. The number of aromatic nitrogens is 1. The highest BCUT2D eigenvalue weighted by Crippen LogP contribution is 2.47. The van der Waals surface area contributed by atoms with E-state index in [2.05, 4.69) is 17.6 Å². The molecule has 1 saturated carbocycles. The third-order valence-electron chi connectivity index (χ3n) is 5.07. The van der Waals surface area contributed by atoms with Crippen molar-refractivity contribution in [2.45, 2.75) is 55.4 Å². The Morgan fingerprint density at radius 2 is 2.12 bits per heavy atom. The molecular weight excluding hydrogens is 345 g/mol. The second-order valence-electron chi connectivity index (χ2n) is 6.94. The Morgan fingerprint density at radius 1 is 1.40 bits per heavy atom. The Balaban J connectivity index is 1.76. The summed E-state index contributed by atoms with van der Waals surface area (Å²) in [5.74, 6) is -2.72. The van der Waals surface area contributed by atoms with Gasteiger partial charge in [0.1, 0.15) is 10.5 Å². The predicted octanol–water partition coefficient (Wildman–Crippen LogP) is 2.18. The normalized spacial score (nSPS) is 36.0. The minimum Gasteiger partial charge on any atom is -0.440 e. The van der Waals surface area contributed by atoms with E-state index in [-0.39, 0.29) is 42.9 Å². The minimum absolute atomic E-state index is 0.0380. The van der Waals surface area contributed by atoms with Crippen molar-refractivity contribution in [3.63, 3.8) is 0 Å². The number of rotatable bonds is 4. The molecule has 6 nitrogen and oxygen atoms in total. The second-order valence-corrected chi connectivity index (χ2v) is 7.69. The summed E-state index contributed by atoms with van der Waals surface area (Å²) in [6.45, 7) is 0.182. The standard InChI is InChI=1S/C17H24FN3O3S/c18-16(24-15-13(14(20)22)2-1-8-21-15)7-9-23-17(25,10-16)11-3-5-12(19)6-4-11/h1-2,8,11-12,25H,3-7,9-10,19H2,(H2,20,22).